The molecule has 14 heavy (non-hydrogen) atoms. The predicted octanol–water partition coefficient (Wildman–Crippen LogP) is 2.11. The van der Waals surface area contributed by atoms with Gasteiger partial charge in [0.25, 0.3) is 0 Å². The monoisotopic (exact) mass is 216 g/mol. The van der Waals surface area contributed by atoms with Gasteiger partial charge in [-0.2, -0.15) is 0 Å². The molecular formula is C8H9ClN2O3. The van der Waals surface area contributed by atoms with Crippen LogP contribution in [0.1, 0.15) is 12.5 Å². The lowest BCUT2D eigenvalue weighted by atomic mass is 10.1. The van der Waals surface area contributed by atoms with Crippen LogP contribution in [0, 0.1) is 15.5 Å². The number of nitrogens with one attached hydrogen (secondary N) is 1. The molecule has 0 unspecified atom stereocenters. The van der Waals surface area contributed by atoms with Crippen LogP contribution >= 0.6 is 12.4 Å². The maximum Gasteiger partial charge on any atom is 0.310 e. The zero-order valence-electron chi connectivity index (χ0n) is 7.35. The van der Waals surface area contributed by atoms with Crippen molar-refractivity contribution in [3.63, 3.8) is 0 Å². The number of hydrogen-bond acceptors (Lipinski definition) is 4. The molecule has 0 atom stereocenters. The maximum absolute atomic E-state index is 10.3. The molecule has 1 rings (SSSR count). The lowest BCUT2D eigenvalue weighted by Crippen LogP contribution is -1.94. The Labute approximate surface area is 86.4 Å². The number of phenols is 1. The highest BCUT2D eigenvalue weighted by atomic mass is 35.5. The van der Waals surface area contributed by atoms with Gasteiger partial charge in [-0.05, 0) is 24.6 Å². The molecule has 0 saturated carbocycles. The van der Waals surface area contributed by atoms with Crippen LogP contribution in [-0.4, -0.2) is 15.7 Å². The van der Waals surface area contributed by atoms with Crippen molar-refractivity contribution in [2.75, 3.05) is 0 Å². The molecule has 0 amide bonds. The zero-order valence-corrected chi connectivity index (χ0v) is 8.17. The second kappa shape index (κ2) is 4.57. The van der Waals surface area contributed by atoms with Gasteiger partial charge in [-0.1, -0.05) is 0 Å². The van der Waals surface area contributed by atoms with Gasteiger partial charge < -0.3 is 10.5 Å². The summed E-state index contributed by atoms with van der Waals surface area (Å²) in [5, 5.41) is 26.7. The van der Waals surface area contributed by atoms with Crippen molar-refractivity contribution < 1.29 is 10.0 Å². The Morgan fingerprint density at radius 3 is 2.50 bits per heavy atom. The molecule has 0 fully saturated rings. The fraction of sp³-hybridized carbons (Fsp3) is 0.125. The predicted molar refractivity (Wildman–Crippen MR) is 54.5 cm³/mol. The summed E-state index contributed by atoms with van der Waals surface area (Å²) in [6, 6.07) is 3.82. The van der Waals surface area contributed by atoms with E-state index in [0.717, 1.165) is 0 Å². The molecule has 76 valence electrons. The van der Waals surface area contributed by atoms with Crippen molar-refractivity contribution in [3.8, 4) is 5.75 Å². The van der Waals surface area contributed by atoms with Gasteiger partial charge in [0.1, 0.15) is 0 Å². The van der Waals surface area contributed by atoms with Crippen LogP contribution in [-0.2, 0) is 0 Å². The first-order valence-corrected chi connectivity index (χ1v) is 3.55. The lowest BCUT2D eigenvalue weighted by Gasteiger charge is -1.99. The van der Waals surface area contributed by atoms with Crippen molar-refractivity contribution in [2.45, 2.75) is 6.92 Å². The van der Waals surface area contributed by atoms with Crippen LogP contribution in [0.25, 0.3) is 0 Å². The molecule has 1 aromatic carbocycles. The van der Waals surface area contributed by atoms with E-state index >= 15 is 0 Å². The molecule has 0 spiro atoms. The van der Waals surface area contributed by atoms with Crippen molar-refractivity contribution in [3.05, 3.63) is 33.9 Å². The normalized spacial score (nSPS) is 8.93. The Kier molecular flexibility index (Phi) is 4.04. The third-order valence-electron chi connectivity index (χ3n) is 1.61. The summed E-state index contributed by atoms with van der Waals surface area (Å²) in [5.74, 6) is -0.408. The second-order valence-electron chi connectivity index (χ2n) is 2.59. The van der Waals surface area contributed by atoms with Crippen LogP contribution in [0.3, 0.4) is 0 Å². The Morgan fingerprint density at radius 2 is 2.14 bits per heavy atom. The number of hydrogen-bond donors (Lipinski definition) is 2. The Balaban J connectivity index is 0.00000169. The Hall–Kier alpha value is -1.62. The molecule has 6 heteroatoms. The van der Waals surface area contributed by atoms with Crippen LogP contribution in [0.15, 0.2) is 18.2 Å². The first kappa shape index (κ1) is 12.4. The lowest BCUT2D eigenvalue weighted by molar-refractivity contribution is -0.385. The summed E-state index contributed by atoms with van der Waals surface area (Å²) >= 11 is 0. The molecule has 0 aliphatic carbocycles. The second-order valence-corrected chi connectivity index (χ2v) is 2.59. The molecule has 1 aromatic rings. The molecule has 0 aliphatic heterocycles. The number of nitro benzene ring substituents is 1. The third kappa shape index (κ3) is 2.43. The minimum absolute atomic E-state index is 0. The summed E-state index contributed by atoms with van der Waals surface area (Å²) in [7, 11) is 0. The molecule has 0 heterocycles. The molecular weight excluding hydrogens is 208 g/mol. The van der Waals surface area contributed by atoms with Gasteiger partial charge in [0.15, 0.2) is 5.75 Å². The average molecular weight is 217 g/mol. The fourth-order valence-electron chi connectivity index (χ4n) is 0.911. The zero-order chi connectivity index (χ0) is 10.0. The van der Waals surface area contributed by atoms with Crippen molar-refractivity contribution in [1.29, 1.82) is 5.41 Å². The standard InChI is InChI=1S/C8H8N2O3.ClH/c1-5(9)6-2-3-7(10(12)13)8(11)4-6;/h2-4,9,11H,1H3;1H. The largest absolute Gasteiger partial charge is 0.502 e. The van der Waals surface area contributed by atoms with Gasteiger partial charge in [0.2, 0.25) is 0 Å². The van der Waals surface area contributed by atoms with Gasteiger partial charge in [-0.15, -0.1) is 12.4 Å². The topological polar surface area (TPSA) is 87.2 Å². The number of benzene rings is 1. The summed E-state index contributed by atoms with van der Waals surface area (Å²) in [6.07, 6.45) is 0. The van der Waals surface area contributed by atoms with E-state index in [2.05, 4.69) is 0 Å². The van der Waals surface area contributed by atoms with Gasteiger partial charge in [0.05, 0.1) is 4.92 Å². The molecule has 2 N–H and O–H groups in total. The summed E-state index contributed by atoms with van der Waals surface area (Å²) in [4.78, 5) is 9.63. The first-order valence-electron chi connectivity index (χ1n) is 3.55. The highest BCUT2D eigenvalue weighted by Gasteiger charge is 2.12. The molecule has 0 aliphatic rings. The van der Waals surface area contributed by atoms with Crippen LogP contribution in [0.4, 0.5) is 5.69 Å². The van der Waals surface area contributed by atoms with Crippen molar-refractivity contribution in [2.24, 2.45) is 0 Å². The summed E-state index contributed by atoms with van der Waals surface area (Å²) in [6.45, 7) is 1.54. The maximum atomic E-state index is 10.3. The molecule has 0 saturated heterocycles. The van der Waals surface area contributed by atoms with Crippen molar-refractivity contribution >= 4 is 23.8 Å². The smallest absolute Gasteiger partial charge is 0.310 e. The molecule has 0 bridgehead atoms. The van der Waals surface area contributed by atoms with E-state index < -0.39 is 10.7 Å². The summed E-state index contributed by atoms with van der Waals surface area (Å²) < 4.78 is 0. The minimum Gasteiger partial charge on any atom is -0.502 e. The average Bonchev–Trinajstić information content (AvgIpc) is 2.03. The van der Waals surface area contributed by atoms with E-state index in [-0.39, 0.29) is 23.8 Å². The Morgan fingerprint density at radius 1 is 1.57 bits per heavy atom. The molecule has 5 nitrogen and oxygen atoms in total. The highest BCUT2D eigenvalue weighted by molar-refractivity contribution is 5.96. The van der Waals surface area contributed by atoms with Crippen LogP contribution < -0.4 is 0 Å². The molecule has 0 radical (unpaired) electrons. The van der Waals surface area contributed by atoms with Crippen LogP contribution in [0.5, 0.6) is 5.75 Å². The van der Waals surface area contributed by atoms with Crippen LogP contribution in [0.2, 0.25) is 0 Å². The van der Waals surface area contributed by atoms with E-state index in [0.29, 0.717) is 5.56 Å². The minimum atomic E-state index is -0.668. The van der Waals surface area contributed by atoms with E-state index in [4.69, 9.17) is 5.41 Å². The SMILES string of the molecule is CC(=N)c1ccc([N+](=O)[O-])c(O)c1.Cl. The number of nitrogens with zero attached hydrogens (tertiary/aromatic N) is 1. The van der Waals surface area contributed by atoms with E-state index in [1.54, 1.807) is 6.92 Å². The quantitative estimate of drug-likeness (QED) is 0.451. The van der Waals surface area contributed by atoms with E-state index in [9.17, 15) is 15.2 Å². The van der Waals surface area contributed by atoms with E-state index in [1.165, 1.54) is 18.2 Å². The number of phenolic OH excluding ortho intramolecular Hbond substituents is 1. The van der Waals surface area contributed by atoms with Gasteiger partial charge in [0, 0.05) is 11.8 Å². The Bertz CT molecular complexity index is 379. The van der Waals surface area contributed by atoms with Gasteiger partial charge in [-0.3, -0.25) is 10.1 Å². The first-order chi connectivity index (χ1) is 6.02. The number of rotatable bonds is 2. The number of halogens is 1. The molecule has 0 aromatic heterocycles. The van der Waals surface area contributed by atoms with Gasteiger partial charge >= 0.3 is 5.69 Å². The fourth-order valence-corrected chi connectivity index (χ4v) is 0.911. The summed E-state index contributed by atoms with van der Waals surface area (Å²) in [5.41, 5.74) is 0.387. The number of nitro groups is 1. The van der Waals surface area contributed by atoms with E-state index in [1.807, 2.05) is 0 Å². The highest BCUT2D eigenvalue weighted by Crippen LogP contribution is 2.26. The van der Waals surface area contributed by atoms with Crippen molar-refractivity contribution in [1.82, 2.24) is 0 Å². The number of aromatic hydroxyl groups is 1. The van der Waals surface area contributed by atoms with Gasteiger partial charge in [-0.25, -0.2) is 0 Å². The third-order valence-corrected chi connectivity index (χ3v) is 1.61.